The number of hydrogen-bond acceptors (Lipinski definition) is 4. The van der Waals surface area contributed by atoms with E-state index in [0.29, 0.717) is 30.2 Å². The third-order valence-electron chi connectivity index (χ3n) is 7.22. The highest BCUT2D eigenvalue weighted by Gasteiger charge is 2.35. The van der Waals surface area contributed by atoms with E-state index in [-0.39, 0.29) is 23.7 Å². The highest BCUT2D eigenvalue weighted by Crippen LogP contribution is 2.33. The monoisotopic (exact) mass is 424 g/mol. The SMILES string of the molecule is O=C(Nc1ccc(N2CCN(C(=O)C3CC3)CC2)c(C(=O)N2CCCC2)c1)C1CCC1. The van der Waals surface area contributed by atoms with Gasteiger partial charge in [-0.1, -0.05) is 6.42 Å². The number of nitrogens with zero attached hydrogens (tertiary/aromatic N) is 3. The number of rotatable bonds is 5. The smallest absolute Gasteiger partial charge is 0.256 e. The fourth-order valence-electron chi connectivity index (χ4n) is 4.82. The van der Waals surface area contributed by atoms with E-state index in [1.54, 1.807) is 0 Å². The lowest BCUT2D eigenvalue weighted by atomic mass is 9.85. The lowest BCUT2D eigenvalue weighted by Gasteiger charge is -2.37. The van der Waals surface area contributed by atoms with Gasteiger partial charge in [-0.05, 0) is 56.7 Å². The second kappa shape index (κ2) is 8.52. The van der Waals surface area contributed by atoms with Crippen molar-refractivity contribution in [1.29, 1.82) is 0 Å². The molecule has 5 rings (SSSR count). The Morgan fingerprint density at radius 2 is 1.48 bits per heavy atom. The molecule has 166 valence electrons. The normalized spacial score (nSPS) is 21.7. The number of hydrogen-bond donors (Lipinski definition) is 1. The van der Waals surface area contributed by atoms with Crippen molar-refractivity contribution in [2.24, 2.45) is 11.8 Å². The van der Waals surface area contributed by atoms with Crippen molar-refractivity contribution < 1.29 is 14.4 Å². The molecule has 0 atom stereocenters. The van der Waals surface area contributed by atoms with Crippen LogP contribution < -0.4 is 10.2 Å². The van der Waals surface area contributed by atoms with Crippen LogP contribution in [0.5, 0.6) is 0 Å². The van der Waals surface area contributed by atoms with Gasteiger partial charge in [0.05, 0.1) is 5.56 Å². The van der Waals surface area contributed by atoms with Crippen LogP contribution in [0.2, 0.25) is 0 Å². The fraction of sp³-hybridized carbons (Fsp3) is 0.625. The van der Waals surface area contributed by atoms with Gasteiger partial charge >= 0.3 is 0 Å². The molecule has 31 heavy (non-hydrogen) atoms. The van der Waals surface area contributed by atoms with Gasteiger partial charge in [-0.25, -0.2) is 0 Å². The predicted molar refractivity (Wildman–Crippen MR) is 119 cm³/mol. The van der Waals surface area contributed by atoms with Crippen molar-refractivity contribution in [1.82, 2.24) is 9.80 Å². The molecule has 1 N–H and O–H groups in total. The average molecular weight is 425 g/mol. The van der Waals surface area contributed by atoms with Crippen LogP contribution in [0.4, 0.5) is 11.4 Å². The summed E-state index contributed by atoms with van der Waals surface area (Å²) in [5, 5.41) is 3.02. The van der Waals surface area contributed by atoms with Crippen LogP contribution in [-0.4, -0.2) is 66.8 Å². The molecule has 0 aromatic heterocycles. The first-order chi connectivity index (χ1) is 15.1. The molecule has 7 nitrogen and oxygen atoms in total. The number of nitrogens with one attached hydrogen (secondary N) is 1. The topological polar surface area (TPSA) is 73.0 Å². The standard InChI is InChI=1S/C24H32N4O3/c29-22(17-4-3-5-17)25-19-8-9-21(20(16-19)24(31)27-10-1-2-11-27)26-12-14-28(15-13-26)23(30)18-6-7-18/h8-9,16-18H,1-7,10-15H2,(H,25,29). The zero-order chi connectivity index (χ0) is 21.4. The Morgan fingerprint density at radius 3 is 2.10 bits per heavy atom. The molecule has 2 saturated heterocycles. The van der Waals surface area contributed by atoms with Gasteiger partial charge < -0.3 is 20.0 Å². The molecule has 0 radical (unpaired) electrons. The van der Waals surface area contributed by atoms with Gasteiger partial charge in [0.1, 0.15) is 0 Å². The van der Waals surface area contributed by atoms with Crippen LogP contribution in [0.3, 0.4) is 0 Å². The summed E-state index contributed by atoms with van der Waals surface area (Å²) < 4.78 is 0. The summed E-state index contributed by atoms with van der Waals surface area (Å²) in [6.45, 7) is 4.44. The van der Waals surface area contributed by atoms with Gasteiger partial charge in [-0.2, -0.15) is 0 Å². The maximum absolute atomic E-state index is 13.3. The lowest BCUT2D eigenvalue weighted by molar-refractivity contribution is -0.132. The number of amides is 3. The van der Waals surface area contributed by atoms with Crippen molar-refractivity contribution in [2.75, 3.05) is 49.5 Å². The maximum atomic E-state index is 13.3. The van der Waals surface area contributed by atoms with E-state index in [1.807, 2.05) is 28.0 Å². The molecule has 0 bridgehead atoms. The van der Waals surface area contributed by atoms with Crippen LogP contribution in [0.15, 0.2) is 18.2 Å². The summed E-state index contributed by atoms with van der Waals surface area (Å²) >= 11 is 0. The van der Waals surface area contributed by atoms with Gasteiger partial charge in [-0.3, -0.25) is 14.4 Å². The van der Waals surface area contributed by atoms with Crippen molar-refractivity contribution in [3.05, 3.63) is 23.8 Å². The molecule has 0 spiro atoms. The molecule has 2 aliphatic heterocycles. The van der Waals surface area contributed by atoms with E-state index < -0.39 is 0 Å². The summed E-state index contributed by atoms with van der Waals surface area (Å²) in [6.07, 6.45) is 7.16. The van der Waals surface area contributed by atoms with Crippen molar-refractivity contribution in [2.45, 2.75) is 44.9 Å². The number of likely N-dealkylation sites (tertiary alicyclic amines) is 1. The predicted octanol–water partition coefficient (Wildman–Crippen LogP) is 2.72. The van der Waals surface area contributed by atoms with Crippen molar-refractivity contribution in [3.8, 4) is 0 Å². The Hall–Kier alpha value is -2.57. The second-order valence-electron chi connectivity index (χ2n) is 9.43. The van der Waals surface area contributed by atoms with E-state index >= 15 is 0 Å². The first-order valence-electron chi connectivity index (χ1n) is 11.9. The van der Waals surface area contributed by atoms with Gasteiger partial charge in [0, 0.05) is 62.5 Å². The molecule has 3 amide bonds. The minimum atomic E-state index is 0.0451. The molecule has 2 aliphatic carbocycles. The Kier molecular flexibility index (Phi) is 5.59. The van der Waals surface area contributed by atoms with Crippen molar-refractivity contribution >= 4 is 29.1 Å². The van der Waals surface area contributed by atoms with Crippen LogP contribution in [0.25, 0.3) is 0 Å². The van der Waals surface area contributed by atoms with E-state index in [9.17, 15) is 14.4 Å². The highest BCUT2D eigenvalue weighted by molar-refractivity contribution is 6.02. The molecular weight excluding hydrogens is 392 g/mol. The van der Waals surface area contributed by atoms with E-state index in [1.165, 1.54) is 0 Å². The lowest BCUT2D eigenvalue weighted by Crippen LogP contribution is -2.49. The number of piperazine rings is 1. The van der Waals surface area contributed by atoms with Gasteiger partial charge in [0.15, 0.2) is 0 Å². The van der Waals surface area contributed by atoms with Gasteiger partial charge in [-0.15, -0.1) is 0 Å². The molecule has 1 aromatic rings. The van der Waals surface area contributed by atoms with E-state index in [2.05, 4.69) is 10.2 Å². The van der Waals surface area contributed by atoms with Gasteiger partial charge in [0.25, 0.3) is 5.91 Å². The summed E-state index contributed by atoms with van der Waals surface area (Å²) in [7, 11) is 0. The third kappa shape index (κ3) is 4.27. The number of carbonyl (C=O) groups is 3. The fourth-order valence-corrected chi connectivity index (χ4v) is 4.82. The molecule has 2 saturated carbocycles. The minimum Gasteiger partial charge on any atom is -0.367 e. The summed E-state index contributed by atoms with van der Waals surface area (Å²) in [5.74, 6) is 0.753. The van der Waals surface area contributed by atoms with Crippen LogP contribution >= 0.6 is 0 Å². The van der Waals surface area contributed by atoms with Crippen LogP contribution in [0.1, 0.15) is 55.3 Å². The highest BCUT2D eigenvalue weighted by atomic mass is 16.2. The first-order valence-corrected chi connectivity index (χ1v) is 11.9. The Bertz CT molecular complexity index is 864. The Balaban J connectivity index is 1.34. The quantitative estimate of drug-likeness (QED) is 0.789. The van der Waals surface area contributed by atoms with Crippen LogP contribution in [0, 0.1) is 11.8 Å². The minimum absolute atomic E-state index is 0.0451. The van der Waals surface area contributed by atoms with Crippen molar-refractivity contribution in [3.63, 3.8) is 0 Å². The van der Waals surface area contributed by atoms with E-state index in [4.69, 9.17) is 0 Å². The molecule has 4 aliphatic rings. The van der Waals surface area contributed by atoms with Crippen LogP contribution in [-0.2, 0) is 9.59 Å². The largest absolute Gasteiger partial charge is 0.367 e. The molecular formula is C24H32N4O3. The van der Waals surface area contributed by atoms with Gasteiger partial charge in [0.2, 0.25) is 11.8 Å². The summed E-state index contributed by atoms with van der Waals surface area (Å²) in [6, 6.07) is 5.74. The Morgan fingerprint density at radius 1 is 0.774 bits per heavy atom. The molecule has 1 aromatic carbocycles. The average Bonchev–Trinajstić information content (AvgIpc) is 3.45. The van der Waals surface area contributed by atoms with E-state index in [0.717, 1.165) is 76.8 Å². The molecule has 4 fully saturated rings. The first kappa shape index (κ1) is 20.3. The second-order valence-corrected chi connectivity index (χ2v) is 9.43. The maximum Gasteiger partial charge on any atom is 0.256 e. The zero-order valence-corrected chi connectivity index (χ0v) is 18.1. The molecule has 2 heterocycles. The Labute approximate surface area is 183 Å². The molecule has 7 heteroatoms. The summed E-state index contributed by atoms with van der Waals surface area (Å²) in [5.41, 5.74) is 2.28. The number of benzene rings is 1. The molecule has 0 unspecified atom stereocenters. The number of anilines is 2. The summed E-state index contributed by atoms with van der Waals surface area (Å²) in [4.78, 5) is 44.3. The number of carbonyl (C=O) groups excluding carboxylic acids is 3. The zero-order valence-electron chi connectivity index (χ0n) is 18.1. The third-order valence-corrected chi connectivity index (χ3v) is 7.22.